The van der Waals surface area contributed by atoms with E-state index >= 15 is 0 Å². The molecule has 0 fully saturated rings. The molecule has 0 unspecified atom stereocenters. The Kier molecular flexibility index (Phi) is 17.9. The third kappa shape index (κ3) is 14.0. The van der Waals surface area contributed by atoms with Crippen LogP contribution in [-0.2, 0) is 20.9 Å². The van der Waals surface area contributed by atoms with Crippen LogP contribution in [0.1, 0.15) is 95.5 Å². The molecule has 0 aromatic heterocycles. The fraction of sp³-hybridized carbons (Fsp3) is 0.724. The largest absolute Gasteiger partial charge is 0.469 e. The molecule has 206 valence electrons. The molecule has 1 rings (SSSR count). The molecule has 1 aromatic rings. The van der Waals surface area contributed by atoms with E-state index in [1.807, 2.05) is 35.2 Å². The quantitative estimate of drug-likeness (QED) is 0.158. The van der Waals surface area contributed by atoms with Gasteiger partial charge in [-0.3, -0.25) is 9.59 Å². The first-order chi connectivity index (χ1) is 17.5. The summed E-state index contributed by atoms with van der Waals surface area (Å²) in [6.45, 7) is 2.16. The normalized spacial score (nSPS) is 11.4. The number of carbonyl (C=O) groups excluding carboxylic acids is 2. The lowest BCUT2D eigenvalue weighted by molar-refractivity contribution is -0.140. The molecule has 0 bridgehead atoms. The Morgan fingerprint density at radius 2 is 1.17 bits per heavy atom. The van der Waals surface area contributed by atoms with Crippen molar-refractivity contribution in [2.75, 3.05) is 33.3 Å². The minimum absolute atomic E-state index is 0.101. The van der Waals surface area contributed by atoms with Gasteiger partial charge < -0.3 is 26.8 Å². The van der Waals surface area contributed by atoms with E-state index in [2.05, 4.69) is 4.74 Å². The Balaban J connectivity index is 2.21. The Bertz CT molecular complexity index is 687. The van der Waals surface area contributed by atoms with E-state index < -0.39 is 5.41 Å². The second-order valence-electron chi connectivity index (χ2n) is 10.2. The van der Waals surface area contributed by atoms with Crippen molar-refractivity contribution in [1.82, 2.24) is 4.90 Å². The second-order valence-corrected chi connectivity index (χ2v) is 10.2. The van der Waals surface area contributed by atoms with E-state index in [4.69, 9.17) is 17.2 Å². The average molecular weight is 505 g/mol. The number of amides is 1. The van der Waals surface area contributed by atoms with Crippen LogP contribution in [0.2, 0.25) is 0 Å². The molecule has 0 heterocycles. The molecule has 0 spiro atoms. The maximum Gasteiger partial charge on any atom is 0.305 e. The fourth-order valence-electron chi connectivity index (χ4n) is 4.46. The topological polar surface area (TPSA) is 125 Å². The van der Waals surface area contributed by atoms with Crippen LogP contribution in [0.3, 0.4) is 0 Å². The van der Waals surface area contributed by atoms with Crippen molar-refractivity contribution in [2.24, 2.45) is 22.6 Å². The summed E-state index contributed by atoms with van der Waals surface area (Å²) in [7, 11) is 1.45. The zero-order chi connectivity index (χ0) is 26.5. The average Bonchev–Trinajstić information content (AvgIpc) is 2.91. The van der Waals surface area contributed by atoms with Crippen LogP contribution in [0.4, 0.5) is 0 Å². The summed E-state index contributed by atoms with van der Waals surface area (Å²) >= 11 is 0. The monoisotopic (exact) mass is 504 g/mol. The zero-order valence-electron chi connectivity index (χ0n) is 22.7. The lowest BCUT2D eigenvalue weighted by Gasteiger charge is -2.36. The molecular formula is C29H52N4O3. The predicted octanol–water partition coefficient (Wildman–Crippen LogP) is 4.51. The van der Waals surface area contributed by atoms with Gasteiger partial charge in [0, 0.05) is 51.0 Å². The highest BCUT2D eigenvalue weighted by Crippen LogP contribution is 2.19. The zero-order valence-corrected chi connectivity index (χ0v) is 22.7. The highest BCUT2D eigenvalue weighted by Gasteiger charge is 2.30. The van der Waals surface area contributed by atoms with Gasteiger partial charge in [-0.1, -0.05) is 94.5 Å². The van der Waals surface area contributed by atoms with Crippen LogP contribution in [0, 0.1) is 5.41 Å². The van der Waals surface area contributed by atoms with Gasteiger partial charge in [0.1, 0.15) is 0 Å². The van der Waals surface area contributed by atoms with E-state index in [-0.39, 0.29) is 11.9 Å². The molecule has 0 saturated heterocycles. The molecular weight excluding hydrogens is 452 g/mol. The Hall–Kier alpha value is -1.96. The highest BCUT2D eigenvalue weighted by molar-refractivity contribution is 5.76. The van der Waals surface area contributed by atoms with E-state index in [1.165, 1.54) is 58.5 Å². The third-order valence-electron chi connectivity index (χ3n) is 7.14. The molecule has 0 saturated carbocycles. The van der Waals surface area contributed by atoms with Crippen LogP contribution in [0.15, 0.2) is 30.3 Å². The number of hydrogen-bond acceptors (Lipinski definition) is 6. The number of nitrogens with two attached hydrogens (primary N) is 3. The first kappa shape index (κ1) is 32.1. The maximum atomic E-state index is 13.1. The number of hydrogen-bond donors (Lipinski definition) is 3. The number of carbonyl (C=O) groups is 2. The molecule has 0 aliphatic heterocycles. The fourth-order valence-corrected chi connectivity index (χ4v) is 4.46. The van der Waals surface area contributed by atoms with Gasteiger partial charge in [-0.25, -0.2) is 0 Å². The van der Waals surface area contributed by atoms with E-state index in [9.17, 15) is 9.59 Å². The van der Waals surface area contributed by atoms with Gasteiger partial charge in [-0.15, -0.1) is 0 Å². The number of esters is 1. The van der Waals surface area contributed by atoms with Gasteiger partial charge in [-0.05, 0) is 18.4 Å². The summed E-state index contributed by atoms with van der Waals surface area (Å²) in [5, 5.41) is 0. The number of unbranched alkanes of at least 4 members (excludes halogenated alkanes) is 11. The second kappa shape index (κ2) is 20.1. The predicted molar refractivity (Wildman–Crippen MR) is 148 cm³/mol. The van der Waals surface area contributed by atoms with Crippen LogP contribution in [-0.4, -0.2) is 50.1 Å². The van der Waals surface area contributed by atoms with E-state index in [1.54, 1.807) is 0 Å². The molecule has 6 N–H and O–H groups in total. The number of rotatable bonds is 22. The van der Waals surface area contributed by atoms with Crippen molar-refractivity contribution in [3.05, 3.63) is 35.9 Å². The minimum Gasteiger partial charge on any atom is -0.469 e. The van der Waals surface area contributed by atoms with Crippen molar-refractivity contribution >= 4 is 11.9 Å². The molecule has 1 amide bonds. The third-order valence-corrected chi connectivity index (χ3v) is 7.14. The van der Waals surface area contributed by atoms with Gasteiger partial charge in [0.2, 0.25) is 5.91 Å². The molecule has 0 aliphatic carbocycles. The molecule has 0 aliphatic rings. The lowest BCUT2D eigenvalue weighted by Crippen LogP contribution is -2.52. The summed E-state index contributed by atoms with van der Waals surface area (Å²) in [4.78, 5) is 26.1. The summed E-state index contributed by atoms with van der Waals surface area (Å²) in [5.74, 6) is 0.0563. The standard InChI is InChI=1S/C29H52N4O3/c1-36-28(35)20-16-11-9-7-5-3-2-4-6-8-10-15-19-27(34)33(21-26-17-13-12-14-18-26)25-29(22-30,23-31)24-32/h12-14,17-18H,2-11,15-16,19-25,30-32H2,1H3. The van der Waals surface area contributed by atoms with Crippen LogP contribution in [0.5, 0.6) is 0 Å². The van der Waals surface area contributed by atoms with Crippen molar-refractivity contribution in [2.45, 2.75) is 96.4 Å². The lowest BCUT2D eigenvalue weighted by atomic mass is 9.87. The van der Waals surface area contributed by atoms with Gasteiger partial charge in [0.15, 0.2) is 0 Å². The van der Waals surface area contributed by atoms with Crippen molar-refractivity contribution in [3.63, 3.8) is 0 Å². The van der Waals surface area contributed by atoms with Gasteiger partial charge in [0.05, 0.1) is 7.11 Å². The summed E-state index contributed by atoms with van der Waals surface area (Å²) < 4.78 is 4.66. The molecule has 7 nitrogen and oxygen atoms in total. The molecule has 36 heavy (non-hydrogen) atoms. The number of ether oxygens (including phenoxy) is 1. The first-order valence-corrected chi connectivity index (χ1v) is 14.0. The Morgan fingerprint density at radius 1 is 0.722 bits per heavy atom. The first-order valence-electron chi connectivity index (χ1n) is 14.0. The summed E-state index contributed by atoms with van der Waals surface area (Å²) in [6.07, 6.45) is 15.1. The highest BCUT2D eigenvalue weighted by atomic mass is 16.5. The number of benzene rings is 1. The van der Waals surface area contributed by atoms with Crippen molar-refractivity contribution < 1.29 is 14.3 Å². The van der Waals surface area contributed by atoms with Crippen LogP contribution < -0.4 is 17.2 Å². The summed E-state index contributed by atoms with van der Waals surface area (Å²) in [5.41, 5.74) is 18.7. The smallest absolute Gasteiger partial charge is 0.305 e. The van der Waals surface area contributed by atoms with E-state index in [0.717, 1.165) is 31.2 Å². The van der Waals surface area contributed by atoms with Gasteiger partial charge >= 0.3 is 5.97 Å². The molecule has 0 atom stereocenters. The van der Waals surface area contributed by atoms with Gasteiger partial charge in [0.25, 0.3) is 0 Å². The number of methoxy groups -OCH3 is 1. The minimum atomic E-state index is -0.437. The van der Waals surface area contributed by atoms with E-state index in [0.29, 0.717) is 45.6 Å². The number of nitrogens with zero attached hydrogens (tertiary/aromatic N) is 1. The Morgan fingerprint density at radius 3 is 1.61 bits per heavy atom. The molecule has 0 radical (unpaired) electrons. The van der Waals surface area contributed by atoms with Gasteiger partial charge in [-0.2, -0.15) is 0 Å². The molecule has 1 aromatic carbocycles. The van der Waals surface area contributed by atoms with Crippen molar-refractivity contribution in [1.29, 1.82) is 0 Å². The SMILES string of the molecule is COC(=O)CCCCCCCCCCCCCCC(=O)N(Cc1ccccc1)CC(CN)(CN)CN. The van der Waals surface area contributed by atoms with Crippen LogP contribution in [0.25, 0.3) is 0 Å². The Labute approximate surface area is 219 Å². The molecule has 7 heteroatoms. The summed E-state index contributed by atoms with van der Waals surface area (Å²) in [6, 6.07) is 10.1. The van der Waals surface area contributed by atoms with Crippen LogP contribution >= 0.6 is 0 Å². The maximum absolute atomic E-state index is 13.1. The van der Waals surface area contributed by atoms with Crippen molar-refractivity contribution in [3.8, 4) is 0 Å².